The van der Waals surface area contributed by atoms with Crippen LogP contribution in [0.1, 0.15) is 5.56 Å². The van der Waals surface area contributed by atoms with E-state index in [0.717, 1.165) is 29.8 Å². The number of amides is 1. The van der Waals surface area contributed by atoms with Crippen molar-refractivity contribution in [3.05, 3.63) is 52.8 Å². The molecule has 0 unspecified atom stereocenters. The van der Waals surface area contributed by atoms with E-state index in [1.165, 1.54) is 7.11 Å². The van der Waals surface area contributed by atoms with Crippen molar-refractivity contribution in [2.24, 2.45) is 0 Å². The first-order chi connectivity index (χ1) is 12.2. The van der Waals surface area contributed by atoms with Gasteiger partial charge in [-0.1, -0.05) is 16.5 Å². The first kappa shape index (κ1) is 20.1. The minimum absolute atomic E-state index is 0.200. The molecule has 0 aromatic heterocycles. The lowest BCUT2D eigenvalue weighted by molar-refractivity contribution is -0.121. The fourth-order valence-corrected chi connectivity index (χ4v) is 2.91. The summed E-state index contributed by atoms with van der Waals surface area (Å²) in [6.07, 6.45) is 0. The molecule has 0 aliphatic rings. The van der Waals surface area contributed by atoms with Crippen LogP contribution in [0, 0.1) is 12.7 Å². The molecule has 140 valence electrons. The number of halogens is 2. The number of nitrogens with one attached hydrogen (secondary N) is 2. The zero-order valence-electron chi connectivity index (χ0n) is 13.9. The van der Waals surface area contributed by atoms with Crippen molar-refractivity contribution < 1.29 is 27.2 Å². The van der Waals surface area contributed by atoms with Crippen LogP contribution in [0.4, 0.5) is 10.1 Å². The second-order valence-electron chi connectivity index (χ2n) is 5.18. The number of carbonyl (C=O) groups is 1. The van der Waals surface area contributed by atoms with E-state index in [2.05, 4.69) is 5.32 Å². The maximum atomic E-state index is 12.8. The standard InChI is InChI=1S/C16H16ClFN2O5S/c1-10-7-14(15(24-2)8-13(10)17)19-16(21)9-25-20-26(22,23)12-5-3-11(18)4-6-12/h3-8,20H,9H2,1-2H3,(H,19,21). The number of aryl methyl sites for hydroxylation is 1. The van der Waals surface area contributed by atoms with Gasteiger partial charge >= 0.3 is 0 Å². The third kappa shape index (κ3) is 5.15. The summed E-state index contributed by atoms with van der Waals surface area (Å²) in [6.45, 7) is 1.16. The van der Waals surface area contributed by atoms with E-state index in [4.69, 9.17) is 21.2 Å². The smallest absolute Gasteiger partial charge is 0.262 e. The minimum atomic E-state index is -4.03. The Morgan fingerprint density at radius 3 is 2.50 bits per heavy atom. The average molecular weight is 403 g/mol. The van der Waals surface area contributed by atoms with Crippen LogP contribution in [0.5, 0.6) is 5.75 Å². The second kappa shape index (κ2) is 8.45. The van der Waals surface area contributed by atoms with Crippen LogP contribution in [-0.2, 0) is 19.7 Å². The second-order valence-corrected chi connectivity index (χ2v) is 7.23. The lowest BCUT2D eigenvalue weighted by atomic mass is 10.2. The van der Waals surface area contributed by atoms with Crippen molar-refractivity contribution in [1.29, 1.82) is 0 Å². The summed E-state index contributed by atoms with van der Waals surface area (Å²) in [6, 6.07) is 7.30. The number of anilines is 1. The third-order valence-electron chi connectivity index (χ3n) is 3.25. The van der Waals surface area contributed by atoms with Gasteiger partial charge in [-0.2, -0.15) is 0 Å². The van der Waals surface area contributed by atoms with E-state index in [-0.39, 0.29) is 4.90 Å². The van der Waals surface area contributed by atoms with Crippen molar-refractivity contribution in [1.82, 2.24) is 4.89 Å². The quantitative estimate of drug-likeness (QED) is 0.694. The molecule has 0 saturated carbocycles. The lowest BCUT2D eigenvalue weighted by Gasteiger charge is -2.12. The van der Waals surface area contributed by atoms with Gasteiger partial charge in [0.25, 0.3) is 15.9 Å². The topological polar surface area (TPSA) is 93.7 Å². The van der Waals surface area contributed by atoms with Crippen LogP contribution in [0.2, 0.25) is 5.02 Å². The van der Waals surface area contributed by atoms with Crippen molar-refractivity contribution >= 4 is 33.2 Å². The van der Waals surface area contributed by atoms with E-state index < -0.39 is 28.4 Å². The minimum Gasteiger partial charge on any atom is -0.495 e. The summed E-state index contributed by atoms with van der Waals surface area (Å²) < 4.78 is 41.8. The number of methoxy groups -OCH3 is 1. The van der Waals surface area contributed by atoms with E-state index in [1.54, 1.807) is 23.9 Å². The molecule has 2 aromatic rings. The van der Waals surface area contributed by atoms with Gasteiger partial charge in [-0.15, -0.1) is 0 Å². The normalized spacial score (nSPS) is 11.2. The molecule has 2 N–H and O–H groups in total. The monoisotopic (exact) mass is 402 g/mol. The Balaban J connectivity index is 1.95. The van der Waals surface area contributed by atoms with Crippen molar-refractivity contribution in [2.45, 2.75) is 11.8 Å². The van der Waals surface area contributed by atoms with Gasteiger partial charge in [-0.25, -0.2) is 12.8 Å². The SMILES string of the molecule is COc1cc(Cl)c(C)cc1NC(=O)CONS(=O)(=O)c1ccc(F)cc1. The molecule has 0 bridgehead atoms. The maximum absolute atomic E-state index is 12.8. The Labute approximate surface area is 155 Å². The largest absolute Gasteiger partial charge is 0.495 e. The van der Waals surface area contributed by atoms with Crippen LogP contribution >= 0.6 is 11.6 Å². The highest BCUT2D eigenvalue weighted by Gasteiger charge is 2.16. The molecule has 0 heterocycles. The van der Waals surface area contributed by atoms with Crippen molar-refractivity contribution in [2.75, 3.05) is 19.0 Å². The highest BCUT2D eigenvalue weighted by molar-refractivity contribution is 7.89. The van der Waals surface area contributed by atoms with E-state index >= 15 is 0 Å². The van der Waals surface area contributed by atoms with Crippen LogP contribution in [0.25, 0.3) is 0 Å². The number of hydrogen-bond donors (Lipinski definition) is 2. The molecule has 0 saturated heterocycles. The molecule has 0 fully saturated rings. The molecule has 2 aromatic carbocycles. The summed E-state index contributed by atoms with van der Waals surface area (Å²) in [4.78, 5) is 18.3. The molecule has 7 nitrogen and oxygen atoms in total. The Morgan fingerprint density at radius 2 is 1.88 bits per heavy atom. The van der Waals surface area contributed by atoms with Crippen LogP contribution in [-0.4, -0.2) is 28.0 Å². The summed E-state index contributed by atoms with van der Waals surface area (Å²) in [7, 11) is -2.61. The van der Waals surface area contributed by atoms with Gasteiger partial charge in [0.2, 0.25) is 0 Å². The number of benzene rings is 2. The van der Waals surface area contributed by atoms with Crippen LogP contribution in [0.3, 0.4) is 0 Å². The highest BCUT2D eigenvalue weighted by atomic mass is 35.5. The van der Waals surface area contributed by atoms with Gasteiger partial charge in [0.1, 0.15) is 18.2 Å². The van der Waals surface area contributed by atoms with E-state index in [0.29, 0.717) is 16.5 Å². The van der Waals surface area contributed by atoms with Gasteiger partial charge in [0.05, 0.1) is 17.7 Å². The Hall–Kier alpha value is -2.20. The predicted molar refractivity (Wildman–Crippen MR) is 94.0 cm³/mol. The van der Waals surface area contributed by atoms with Gasteiger partial charge in [-0.05, 0) is 42.8 Å². The number of carbonyl (C=O) groups excluding carboxylic acids is 1. The predicted octanol–water partition coefficient (Wildman–Crippen LogP) is 2.64. The van der Waals surface area contributed by atoms with Crippen molar-refractivity contribution in [3.8, 4) is 5.75 Å². The van der Waals surface area contributed by atoms with Gasteiger partial charge in [0, 0.05) is 11.1 Å². The van der Waals surface area contributed by atoms with Gasteiger partial charge in [-0.3, -0.25) is 9.63 Å². The van der Waals surface area contributed by atoms with Crippen molar-refractivity contribution in [3.63, 3.8) is 0 Å². The molecule has 0 aliphatic heterocycles. The lowest BCUT2D eigenvalue weighted by Crippen LogP contribution is -2.29. The Bertz CT molecular complexity index is 904. The van der Waals surface area contributed by atoms with E-state index in [9.17, 15) is 17.6 Å². The zero-order chi connectivity index (χ0) is 19.3. The molecule has 0 aliphatic carbocycles. The fourth-order valence-electron chi connectivity index (χ4n) is 1.95. The average Bonchev–Trinajstić information content (AvgIpc) is 2.58. The summed E-state index contributed by atoms with van der Waals surface area (Å²) in [5.41, 5.74) is 1.09. The Morgan fingerprint density at radius 1 is 1.23 bits per heavy atom. The number of hydrogen-bond acceptors (Lipinski definition) is 5. The molecule has 0 spiro atoms. The Kier molecular flexibility index (Phi) is 6.54. The zero-order valence-corrected chi connectivity index (χ0v) is 15.4. The van der Waals surface area contributed by atoms with E-state index in [1.807, 2.05) is 0 Å². The third-order valence-corrected chi connectivity index (χ3v) is 4.89. The molecule has 0 radical (unpaired) electrons. The summed E-state index contributed by atoms with van der Waals surface area (Å²) in [5, 5.41) is 3.01. The first-order valence-corrected chi connectivity index (χ1v) is 9.12. The highest BCUT2D eigenvalue weighted by Crippen LogP contribution is 2.30. The van der Waals surface area contributed by atoms with Gasteiger partial charge < -0.3 is 10.1 Å². The molecule has 2 rings (SSSR count). The molecular formula is C16H16ClFN2O5S. The summed E-state index contributed by atoms with van der Waals surface area (Å²) >= 11 is 5.99. The molecular weight excluding hydrogens is 387 g/mol. The first-order valence-electron chi connectivity index (χ1n) is 7.26. The summed E-state index contributed by atoms with van der Waals surface area (Å²) in [5.74, 6) is -0.843. The van der Waals surface area contributed by atoms with Crippen LogP contribution < -0.4 is 14.9 Å². The number of sulfonamides is 1. The van der Waals surface area contributed by atoms with Gasteiger partial charge in [0.15, 0.2) is 0 Å². The molecule has 1 amide bonds. The number of ether oxygens (including phenoxy) is 1. The van der Waals surface area contributed by atoms with Crippen LogP contribution in [0.15, 0.2) is 41.3 Å². The number of rotatable bonds is 7. The maximum Gasteiger partial charge on any atom is 0.262 e. The fraction of sp³-hybridized carbons (Fsp3) is 0.188. The molecule has 26 heavy (non-hydrogen) atoms. The molecule has 0 atom stereocenters. The molecule has 10 heteroatoms.